The Hall–Kier alpha value is -0.860. The van der Waals surface area contributed by atoms with Crippen LogP contribution in [0.25, 0.3) is 0 Å². The average molecular weight is 247 g/mol. The first kappa shape index (κ1) is 13.6. The standard InChI is InChI=1S/C16H25NO/c1-16(2,3)13-7-5-12(6-8-13)11-17-14-9-15(10-14)18-4/h5-8,14-15,17H,9-11H2,1-4H3. The van der Waals surface area contributed by atoms with Crippen LogP contribution in [0.5, 0.6) is 0 Å². The number of rotatable bonds is 4. The molecule has 2 nitrogen and oxygen atoms in total. The van der Waals surface area contributed by atoms with E-state index >= 15 is 0 Å². The van der Waals surface area contributed by atoms with Crippen LogP contribution in [0.1, 0.15) is 44.7 Å². The van der Waals surface area contributed by atoms with Gasteiger partial charge in [-0.15, -0.1) is 0 Å². The fourth-order valence-electron chi connectivity index (χ4n) is 2.31. The van der Waals surface area contributed by atoms with Crippen LogP contribution in [0.4, 0.5) is 0 Å². The second-order valence-corrected chi connectivity index (χ2v) is 6.35. The van der Waals surface area contributed by atoms with Crippen LogP contribution in [0.15, 0.2) is 24.3 Å². The molecule has 2 heteroatoms. The molecule has 1 saturated carbocycles. The topological polar surface area (TPSA) is 21.3 Å². The summed E-state index contributed by atoms with van der Waals surface area (Å²) in [5.74, 6) is 0. The lowest BCUT2D eigenvalue weighted by atomic mass is 9.86. The van der Waals surface area contributed by atoms with Gasteiger partial charge in [0.15, 0.2) is 0 Å². The van der Waals surface area contributed by atoms with Gasteiger partial charge < -0.3 is 10.1 Å². The predicted octanol–water partition coefficient (Wildman–Crippen LogP) is 3.25. The largest absolute Gasteiger partial charge is 0.381 e. The quantitative estimate of drug-likeness (QED) is 0.882. The van der Waals surface area contributed by atoms with E-state index in [1.807, 2.05) is 0 Å². The van der Waals surface area contributed by atoms with Gasteiger partial charge in [-0.05, 0) is 29.4 Å². The van der Waals surface area contributed by atoms with E-state index in [2.05, 4.69) is 50.4 Å². The van der Waals surface area contributed by atoms with Crippen molar-refractivity contribution in [3.8, 4) is 0 Å². The maximum Gasteiger partial charge on any atom is 0.0601 e. The molecule has 0 heterocycles. The molecule has 1 N–H and O–H groups in total. The van der Waals surface area contributed by atoms with Gasteiger partial charge in [-0.2, -0.15) is 0 Å². The zero-order chi connectivity index (χ0) is 13.2. The minimum absolute atomic E-state index is 0.242. The zero-order valence-corrected chi connectivity index (χ0v) is 12.0. The van der Waals surface area contributed by atoms with E-state index < -0.39 is 0 Å². The van der Waals surface area contributed by atoms with E-state index in [-0.39, 0.29) is 5.41 Å². The van der Waals surface area contributed by atoms with E-state index in [1.165, 1.54) is 11.1 Å². The molecule has 0 aliphatic heterocycles. The van der Waals surface area contributed by atoms with Crippen LogP contribution >= 0.6 is 0 Å². The molecule has 1 aliphatic carbocycles. The van der Waals surface area contributed by atoms with E-state index in [0.29, 0.717) is 12.1 Å². The van der Waals surface area contributed by atoms with Gasteiger partial charge in [-0.25, -0.2) is 0 Å². The number of hydrogen-bond donors (Lipinski definition) is 1. The molecule has 18 heavy (non-hydrogen) atoms. The molecule has 100 valence electrons. The molecule has 0 unspecified atom stereocenters. The first-order chi connectivity index (χ1) is 8.49. The van der Waals surface area contributed by atoms with Gasteiger partial charge in [-0.3, -0.25) is 0 Å². The Bertz CT molecular complexity index is 371. The Balaban J connectivity index is 1.81. The van der Waals surface area contributed by atoms with E-state index in [0.717, 1.165) is 19.4 Å². The highest BCUT2D eigenvalue weighted by Gasteiger charge is 2.28. The number of benzene rings is 1. The highest BCUT2D eigenvalue weighted by atomic mass is 16.5. The monoisotopic (exact) mass is 247 g/mol. The van der Waals surface area contributed by atoms with Gasteiger partial charge in [0.1, 0.15) is 0 Å². The molecule has 1 fully saturated rings. The third-order valence-electron chi connectivity index (χ3n) is 3.84. The van der Waals surface area contributed by atoms with Crippen molar-refractivity contribution in [3.05, 3.63) is 35.4 Å². The Morgan fingerprint density at radius 2 is 1.78 bits per heavy atom. The Morgan fingerprint density at radius 1 is 1.17 bits per heavy atom. The van der Waals surface area contributed by atoms with Crippen molar-refractivity contribution in [2.45, 2.75) is 57.7 Å². The first-order valence-electron chi connectivity index (χ1n) is 6.84. The molecule has 1 aliphatic rings. The van der Waals surface area contributed by atoms with Gasteiger partial charge in [0.05, 0.1) is 6.10 Å². The third kappa shape index (κ3) is 3.33. The van der Waals surface area contributed by atoms with E-state index in [1.54, 1.807) is 7.11 Å². The van der Waals surface area contributed by atoms with Crippen LogP contribution in [-0.4, -0.2) is 19.3 Å². The Labute approximate surface area is 111 Å². The third-order valence-corrected chi connectivity index (χ3v) is 3.84. The lowest BCUT2D eigenvalue weighted by Gasteiger charge is -2.34. The fourth-order valence-corrected chi connectivity index (χ4v) is 2.31. The molecule has 1 aromatic rings. The summed E-state index contributed by atoms with van der Waals surface area (Å²) in [5, 5.41) is 3.58. The van der Waals surface area contributed by atoms with E-state index in [9.17, 15) is 0 Å². The minimum Gasteiger partial charge on any atom is -0.381 e. The Kier molecular flexibility index (Phi) is 4.08. The number of nitrogens with one attached hydrogen (secondary N) is 1. The van der Waals surface area contributed by atoms with Crippen molar-refractivity contribution in [3.63, 3.8) is 0 Å². The van der Waals surface area contributed by atoms with Gasteiger partial charge in [0.25, 0.3) is 0 Å². The molecular weight excluding hydrogens is 222 g/mol. The molecule has 1 aromatic carbocycles. The summed E-state index contributed by atoms with van der Waals surface area (Å²) in [6.45, 7) is 7.71. The molecule has 0 radical (unpaired) electrons. The lowest BCUT2D eigenvalue weighted by molar-refractivity contribution is 0.0170. The van der Waals surface area contributed by atoms with Crippen molar-refractivity contribution < 1.29 is 4.74 Å². The number of hydrogen-bond acceptors (Lipinski definition) is 2. The zero-order valence-electron chi connectivity index (χ0n) is 12.0. The highest BCUT2D eigenvalue weighted by Crippen LogP contribution is 2.24. The molecule has 0 bridgehead atoms. The summed E-state index contributed by atoms with van der Waals surface area (Å²) < 4.78 is 5.28. The minimum atomic E-state index is 0.242. The lowest BCUT2D eigenvalue weighted by Crippen LogP contribution is -2.44. The van der Waals surface area contributed by atoms with Crippen LogP contribution in [-0.2, 0) is 16.7 Å². The second kappa shape index (κ2) is 5.41. The Morgan fingerprint density at radius 3 is 2.28 bits per heavy atom. The van der Waals surface area contributed by atoms with Crippen molar-refractivity contribution in [2.24, 2.45) is 0 Å². The summed E-state index contributed by atoms with van der Waals surface area (Å²) in [4.78, 5) is 0. The summed E-state index contributed by atoms with van der Waals surface area (Å²) in [7, 11) is 1.80. The van der Waals surface area contributed by atoms with Crippen molar-refractivity contribution in [2.75, 3.05) is 7.11 Å². The maximum atomic E-state index is 5.28. The van der Waals surface area contributed by atoms with Gasteiger partial charge in [0, 0.05) is 19.7 Å². The van der Waals surface area contributed by atoms with Crippen molar-refractivity contribution in [1.29, 1.82) is 0 Å². The van der Waals surface area contributed by atoms with Crippen LogP contribution in [0.3, 0.4) is 0 Å². The van der Waals surface area contributed by atoms with Gasteiger partial charge >= 0.3 is 0 Å². The summed E-state index contributed by atoms with van der Waals surface area (Å²) >= 11 is 0. The summed E-state index contributed by atoms with van der Waals surface area (Å²) in [6, 6.07) is 9.60. The summed E-state index contributed by atoms with van der Waals surface area (Å²) in [5.41, 5.74) is 3.00. The van der Waals surface area contributed by atoms with Crippen LogP contribution in [0, 0.1) is 0 Å². The van der Waals surface area contributed by atoms with Gasteiger partial charge in [0.2, 0.25) is 0 Å². The normalized spacial score (nSPS) is 23.8. The predicted molar refractivity (Wildman–Crippen MR) is 75.8 cm³/mol. The average Bonchev–Trinajstić information content (AvgIpc) is 2.27. The molecule has 0 aromatic heterocycles. The number of ether oxygens (including phenoxy) is 1. The summed E-state index contributed by atoms with van der Waals surface area (Å²) in [6.07, 6.45) is 2.78. The highest BCUT2D eigenvalue weighted by molar-refractivity contribution is 5.27. The molecule has 0 spiro atoms. The first-order valence-corrected chi connectivity index (χ1v) is 6.84. The van der Waals surface area contributed by atoms with E-state index in [4.69, 9.17) is 4.74 Å². The van der Waals surface area contributed by atoms with Gasteiger partial charge in [-0.1, -0.05) is 45.0 Å². The fraction of sp³-hybridized carbons (Fsp3) is 0.625. The smallest absolute Gasteiger partial charge is 0.0601 e. The van der Waals surface area contributed by atoms with Crippen LogP contribution in [0.2, 0.25) is 0 Å². The molecule has 0 atom stereocenters. The molecular formula is C16H25NO. The molecule has 0 saturated heterocycles. The van der Waals surface area contributed by atoms with Crippen LogP contribution < -0.4 is 5.32 Å². The maximum absolute atomic E-state index is 5.28. The number of methoxy groups -OCH3 is 1. The van der Waals surface area contributed by atoms with Crippen molar-refractivity contribution in [1.82, 2.24) is 5.32 Å². The second-order valence-electron chi connectivity index (χ2n) is 6.35. The van der Waals surface area contributed by atoms with Crippen molar-refractivity contribution >= 4 is 0 Å². The molecule has 2 rings (SSSR count). The molecule has 0 amide bonds. The SMILES string of the molecule is COC1CC(NCc2ccc(C(C)(C)C)cc2)C1.